The van der Waals surface area contributed by atoms with Gasteiger partial charge in [-0.2, -0.15) is 0 Å². The van der Waals surface area contributed by atoms with Gasteiger partial charge in [-0.3, -0.25) is 0 Å². The third-order valence-electron chi connectivity index (χ3n) is 11.5. The Labute approximate surface area is 364 Å². The molecule has 0 amide bonds. The predicted molar refractivity (Wildman–Crippen MR) is 263 cm³/mol. The Morgan fingerprint density at radius 3 is 0.694 bits per heavy atom. The molecule has 0 saturated carbocycles. The van der Waals surface area contributed by atoms with Crippen LogP contribution in [0.25, 0.3) is 55.6 Å². The fraction of sp³-hybridized carbons (Fsp3) is 0. The number of hydrogen-bond donors (Lipinski definition) is 0. The molecule has 0 aliphatic heterocycles. The van der Waals surface area contributed by atoms with Crippen molar-refractivity contribution in [3.8, 4) is 55.6 Å². The summed E-state index contributed by atoms with van der Waals surface area (Å²) in [4.78, 5) is 4.68. The lowest BCUT2D eigenvalue weighted by molar-refractivity contribution is 1.28. The Morgan fingerprint density at radius 2 is 0.355 bits per heavy atom. The molecule has 0 unspecified atom stereocenters. The van der Waals surface area contributed by atoms with Crippen LogP contribution in [0.1, 0.15) is 0 Å². The number of benzene rings is 10. The van der Waals surface area contributed by atoms with E-state index in [4.69, 9.17) is 0 Å². The third kappa shape index (κ3) is 8.18. The largest absolute Gasteiger partial charge is 0.311 e. The number of anilines is 6. The molecule has 10 aromatic carbocycles. The molecule has 0 aliphatic carbocycles. The van der Waals surface area contributed by atoms with Crippen LogP contribution in [0.4, 0.5) is 34.1 Å². The SMILES string of the molecule is c1ccc(-c2ccc(-c3ccc(N(c4ccccc4)c4ccc(-c5ccc(N(c6cccc(-c7ccccc7)c6)c6cccc(-c7ccccc7)c6)cc5)cc4)cc3)cc2)cc1. The first-order chi connectivity index (χ1) is 30.7. The Morgan fingerprint density at radius 1 is 0.145 bits per heavy atom. The maximum absolute atomic E-state index is 2.36. The lowest BCUT2D eigenvalue weighted by atomic mass is 10.00. The van der Waals surface area contributed by atoms with Crippen LogP contribution >= 0.6 is 0 Å². The van der Waals surface area contributed by atoms with Crippen molar-refractivity contribution in [3.63, 3.8) is 0 Å². The lowest BCUT2D eigenvalue weighted by Crippen LogP contribution is -2.10. The minimum Gasteiger partial charge on any atom is -0.311 e. The summed E-state index contributed by atoms with van der Waals surface area (Å²) in [6, 6.07) is 95.5. The molecule has 294 valence electrons. The fourth-order valence-electron chi connectivity index (χ4n) is 8.28. The van der Waals surface area contributed by atoms with E-state index >= 15 is 0 Å². The zero-order valence-corrected chi connectivity index (χ0v) is 34.3. The van der Waals surface area contributed by atoms with Crippen LogP contribution < -0.4 is 9.80 Å². The average Bonchev–Trinajstić information content (AvgIpc) is 3.36. The van der Waals surface area contributed by atoms with Gasteiger partial charge in [0.25, 0.3) is 0 Å². The Balaban J connectivity index is 0.944. The average molecular weight is 793 g/mol. The van der Waals surface area contributed by atoms with Gasteiger partial charge in [0, 0.05) is 34.1 Å². The first-order valence-corrected chi connectivity index (χ1v) is 21.2. The minimum atomic E-state index is 1.09. The molecule has 10 rings (SSSR count). The molecule has 0 radical (unpaired) electrons. The standard InChI is InChI=1S/C60H44N2/c1-5-15-45(16-6-1)48-27-29-49(30-28-48)50-31-37-56(38-32-50)61(55-23-11-4-12-24-55)57-39-33-51(34-40-57)52-35-41-58(42-36-52)62(59-25-13-21-53(43-59)46-17-7-2-8-18-46)60-26-14-22-54(44-60)47-19-9-3-10-20-47/h1-44H. The highest BCUT2D eigenvalue weighted by molar-refractivity contribution is 5.84. The third-order valence-corrected chi connectivity index (χ3v) is 11.5. The smallest absolute Gasteiger partial charge is 0.0467 e. The molecule has 10 aromatic rings. The monoisotopic (exact) mass is 792 g/mol. The number of para-hydroxylation sites is 1. The van der Waals surface area contributed by atoms with E-state index in [9.17, 15) is 0 Å². The molecule has 62 heavy (non-hydrogen) atoms. The summed E-state index contributed by atoms with van der Waals surface area (Å²) in [5.74, 6) is 0. The second kappa shape index (κ2) is 17.6. The zero-order valence-electron chi connectivity index (χ0n) is 34.3. The van der Waals surface area contributed by atoms with Gasteiger partial charge in [-0.1, -0.05) is 194 Å². The van der Waals surface area contributed by atoms with Gasteiger partial charge in [-0.25, -0.2) is 0 Å². The topological polar surface area (TPSA) is 6.48 Å². The van der Waals surface area contributed by atoms with E-state index in [0.717, 1.165) is 45.3 Å². The van der Waals surface area contributed by atoms with E-state index in [2.05, 4.69) is 277 Å². The summed E-state index contributed by atoms with van der Waals surface area (Å²) < 4.78 is 0. The van der Waals surface area contributed by atoms with Crippen molar-refractivity contribution >= 4 is 34.1 Å². The molecule has 0 aromatic heterocycles. The van der Waals surface area contributed by atoms with E-state index in [0.29, 0.717) is 0 Å². The molecular formula is C60H44N2. The molecule has 0 heterocycles. The highest BCUT2D eigenvalue weighted by Gasteiger charge is 2.16. The summed E-state index contributed by atoms with van der Waals surface area (Å²) in [5.41, 5.74) is 18.5. The van der Waals surface area contributed by atoms with Gasteiger partial charge in [0.1, 0.15) is 0 Å². The van der Waals surface area contributed by atoms with Gasteiger partial charge in [0.2, 0.25) is 0 Å². The normalized spacial score (nSPS) is 10.9. The highest BCUT2D eigenvalue weighted by Crippen LogP contribution is 2.40. The van der Waals surface area contributed by atoms with E-state index in [-0.39, 0.29) is 0 Å². The van der Waals surface area contributed by atoms with Crippen LogP contribution in [0.15, 0.2) is 267 Å². The lowest BCUT2D eigenvalue weighted by Gasteiger charge is -2.27. The number of hydrogen-bond acceptors (Lipinski definition) is 2. The maximum atomic E-state index is 2.36. The van der Waals surface area contributed by atoms with Crippen molar-refractivity contribution in [2.45, 2.75) is 0 Å². The van der Waals surface area contributed by atoms with Crippen molar-refractivity contribution < 1.29 is 0 Å². The van der Waals surface area contributed by atoms with Crippen molar-refractivity contribution in [3.05, 3.63) is 267 Å². The fourth-order valence-corrected chi connectivity index (χ4v) is 8.28. The molecule has 0 fully saturated rings. The molecule has 0 N–H and O–H groups in total. The van der Waals surface area contributed by atoms with Gasteiger partial charge in [0.05, 0.1) is 0 Å². The van der Waals surface area contributed by atoms with E-state index in [1.807, 2.05) is 0 Å². The molecule has 0 atom stereocenters. The first kappa shape index (κ1) is 38.0. The first-order valence-electron chi connectivity index (χ1n) is 21.2. The van der Waals surface area contributed by atoms with E-state index in [1.54, 1.807) is 0 Å². The van der Waals surface area contributed by atoms with Gasteiger partial charge in [-0.05, 0) is 128 Å². The number of rotatable bonds is 11. The van der Waals surface area contributed by atoms with Gasteiger partial charge in [-0.15, -0.1) is 0 Å². The van der Waals surface area contributed by atoms with Crippen LogP contribution in [0, 0.1) is 0 Å². The minimum absolute atomic E-state index is 1.09. The molecule has 2 heteroatoms. The maximum Gasteiger partial charge on any atom is 0.0467 e. The van der Waals surface area contributed by atoms with Crippen molar-refractivity contribution in [2.24, 2.45) is 0 Å². The predicted octanol–water partition coefficient (Wildman–Crippen LogP) is 17.0. The zero-order chi connectivity index (χ0) is 41.5. The number of nitrogens with zero attached hydrogens (tertiary/aromatic N) is 2. The quantitative estimate of drug-likeness (QED) is 0.129. The summed E-state index contributed by atoms with van der Waals surface area (Å²) in [7, 11) is 0. The Kier molecular flexibility index (Phi) is 10.8. The molecule has 0 bridgehead atoms. The second-order valence-corrected chi connectivity index (χ2v) is 15.4. The van der Waals surface area contributed by atoms with Crippen LogP contribution in [0.5, 0.6) is 0 Å². The Hall–Kier alpha value is -8.20. The molecule has 2 nitrogen and oxygen atoms in total. The molecular weight excluding hydrogens is 749 g/mol. The summed E-state index contributed by atoms with van der Waals surface area (Å²) in [6.07, 6.45) is 0. The van der Waals surface area contributed by atoms with Crippen LogP contribution in [-0.2, 0) is 0 Å². The molecule has 0 aliphatic rings. The van der Waals surface area contributed by atoms with Crippen molar-refractivity contribution in [1.82, 2.24) is 0 Å². The van der Waals surface area contributed by atoms with Crippen molar-refractivity contribution in [2.75, 3.05) is 9.80 Å². The van der Waals surface area contributed by atoms with E-state index < -0.39 is 0 Å². The van der Waals surface area contributed by atoms with Gasteiger partial charge in [0.15, 0.2) is 0 Å². The van der Waals surface area contributed by atoms with Crippen molar-refractivity contribution in [1.29, 1.82) is 0 Å². The van der Waals surface area contributed by atoms with Gasteiger partial charge < -0.3 is 9.80 Å². The van der Waals surface area contributed by atoms with Crippen LogP contribution in [-0.4, -0.2) is 0 Å². The summed E-state index contributed by atoms with van der Waals surface area (Å²) >= 11 is 0. The Bertz CT molecular complexity index is 2920. The molecule has 0 spiro atoms. The highest BCUT2D eigenvalue weighted by atomic mass is 15.1. The van der Waals surface area contributed by atoms with Crippen LogP contribution in [0.2, 0.25) is 0 Å². The van der Waals surface area contributed by atoms with Gasteiger partial charge >= 0.3 is 0 Å². The summed E-state index contributed by atoms with van der Waals surface area (Å²) in [5, 5.41) is 0. The van der Waals surface area contributed by atoms with Crippen LogP contribution in [0.3, 0.4) is 0 Å². The van der Waals surface area contributed by atoms with E-state index in [1.165, 1.54) is 44.5 Å². The molecule has 0 saturated heterocycles. The summed E-state index contributed by atoms with van der Waals surface area (Å²) in [6.45, 7) is 0. The second-order valence-electron chi connectivity index (χ2n) is 15.4.